The fraction of sp³-hybridized carbons (Fsp3) is 0. The van der Waals surface area contributed by atoms with Crippen LogP contribution in [0.15, 0.2) is 192 Å². The second kappa shape index (κ2) is 13.3. The molecule has 0 aliphatic rings. The van der Waals surface area contributed by atoms with Crippen molar-refractivity contribution in [1.29, 1.82) is 0 Å². The zero-order valence-corrected chi connectivity index (χ0v) is 30.9. The Morgan fingerprint density at radius 1 is 0.339 bits per heavy atom. The summed E-state index contributed by atoms with van der Waals surface area (Å²) >= 11 is 1.85. The highest BCUT2D eigenvalue weighted by molar-refractivity contribution is 7.26. The molecule has 56 heavy (non-hydrogen) atoms. The standard InChI is InChI=1S/C51H31N3OS/c1-4-12-32(13-5-1)33-22-24-36(25-23-33)50-52-49(35-16-8-3-9-17-35)53-51(54-50)43-20-11-21-44-47(43)42-29-27-37(30-45(42)55-44)38-26-28-40-41-19-10-18-39(34-14-6-2-7-15-34)48(41)56-46(40)31-38/h1-31H. The number of fused-ring (bicyclic) bond motifs is 6. The number of thiophene rings is 1. The molecule has 8 aromatic carbocycles. The minimum absolute atomic E-state index is 0.600. The lowest BCUT2D eigenvalue weighted by molar-refractivity contribution is 0.669. The molecule has 11 aromatic rings. The van der Waals surface area contributed by atoms with Gasteiger partial charge in [0.1, 0.15) is 11.2 Å². The van der Waals surface area contributed by atoms with Gasteiger partial charge in [0.05, 0.1) is 0 Å². The number of hydrogen-bond acceptors (Lipinski definition) is 5. The summed E-state index contributed by atoms with van der Waals surface area (Å²) in [7, 11) is 0. The minimum Gasteiger partial charge on any atom is -0.456 e. The van der Waals surface area contributed by atoms with Gasteiger partial charge in [0, 0.05) is 47.6 Å². The average Bonchev–Trinajstić information content (AvgIpc) is 3.85. The van der Waals surface area contributed by atoms with E-state index in [0.717, 1.165) is 55.3 Å². The molecular formula is C51H31N3OS. The van der Waals surface area contributed by atoms with Crippen molar-refractivity contribution in [3.05, 3.63) is 188 Å². The van der Waals surface area contributed by atoms with Gasteiger partial charge in [0.25, 0.3) is 0 Å². The fourth-order valence-electron chi connectivity index (χ4n) is 7.80. The third-order valence-corrected chi connectivity index (χ3v) is 11.8. The molecule has 0 unspecified atom stereocenters. The van der Waals surface area contributed by atoms with Crippen LogP contribution in [-0.4, -0.2) is 15.0 Å². The van der Waals surface area contributed by atoms with Gasteiger partial charge < -0.3 is 4.42 Å². The lowest BCUT2D eigenvalue weighted by Crippen LogP contribution is -2.00. The monoisotopic (exact) mass is 733 g/mol. The molecule has 11 rings (SSSR count). The molecule has 4 nitrogen and oxygen atoms in total. The van der Waals surface area contributed by atoms with Crippen molar-refractivity contribution in [2.75, 3.05) is 0 Å². The van der Waals surface area contributed by atoms with Gasteiger partial charge in [0.2, 0.25) is 0 Å². The maximum Gasteiger partial charge on any atom is 0.164 e. The Morgan fingerprint density at radius 3 is 1.61 bits per heavy atom. The predicted molar refractivity (Wildman–Crippen MR) is 233 cm³/mol. The molecule has 3 aromatic heterocycles. The number of rotatable bonds is 6. The molecule has 0 amide bonds. The highest BCUT2D eigenvalue weighted by atomic mass is 32.1. The average molecular weight is 734 g/mol. The van der Waals surface area contributed by atoms with E-state index >= 15 is 0 Å². The second-order valence-electron chi connectivity index (χ2n) is 14.0. The Balaban J connectivity index is 1.01. The molecule has 0 aliphatic heterocycles. The van der Waals surface area contributed by atoms with Crippen LogP contribution in [0.4, 0.5) is 0 Å². The maximum atomic E-state index is 6.59. The molecule has 0 saturated heterocycles. The summed E-state index contributed by atoms with van der Waals surface area (Å²) in [6, 6.07) is 65.6. The van der Waals surface area contributed by atoms with E-state index in [0.29, 0.717) is 17.5 Å². The molecule has 0 saturated carbocycles. The van der Waals surface area contributed by atoms with Crippen molar-refractivity contribution in [1.82, 2.24) is 15.0 Å². The Bertz CT molecular complexity index is 3230. The van der Waals surface area contributed by atoms with Crippen LogP contribution in [0, 0.1) is 0 Å². The van der Waals surface area contributed by atoms with Crippen molar-refractivity contribution < 1.29 is 4.42 Å². The zero-order chi connectivity index (χ0) is 37.0. The molecule has 0 fully saturated rings. The molecular weight excluding hydrogens is 703 g/mol. The first-order valence-electron chi connectivity index (χ1n) is 18.7. The van der Waals surface area contributed by atoms with E-state index in [-0.39, 0.29) is 0 Å². The molecule has 0 aliphatic carbocycles. The number of nitrogens with zero attached hydrogens (tertiary/aromatic N) is 3. The van der Waals surface area contributed by atoms with Crippen molar-refractivity contribution in [3.63, 3.8) is 0 Å². The minimum atomic E-state index is 0.600. The van der Waals surface area contributed by atoms with Gasteiger partial charge in [-0.1, -0.05) is 164 Å². The van der Waals surface area contributed by atoms with Gasteiger partial charge in [0.15, 0.2) is 17.5 Å². The first kappa shape index (κ1) is 32.2. The van der Waals surface area contributed by atoms with E-state index in [9.17, 15) is 0 Å². The molecule has 262 valence electrons. The molecule has 3 heterocycles. The van der Waals surface area contributed by atoms with Gasteiger partial charge in [-0.3, -0.25) is 0 Å². The van der Waals surface area contributed by atoms with Crippen LogP contribution in [0.5, 0.6) is 0 Å². The van der Waals surface area contributed by atoms with Crippen LogP contribution >= 0.6 is 11.3 Å². The summed E-state index contributed by atoms with van der Waals surface area (Å²) in [6.07, 6.45) is 0. The van der Waals surface area contributed by atoms with E-state index in [1.807, 2.05) is 59.9 Å². The summed E-state index contributed by atoms with van der Waals surface area (Å²) in [5, 5.41) is 4.57. The van der Waals surface area contributed by atoms with Gasteiger partial charge in [-0.05, 0) is 57.6 Å². The molecule has 0 radical (unpaired) electrons. The number of benzene rings is 8. The van der Waals surface area contributed by atoms with E-state index in [1.165, 1.54) is 36.9 Å². The highest BCUT2D eigenvalue weighted by Crippen LogP contribution is 2.43. The number of hydrogen-bond donors (Lipinski definition) is 0. The maximum absolute atomic E-state index is 6.59. The third kappa shape index (κ3) is 5.56. The summed E-state index contributed by atoms with van der Waals surface area (Å²) in [5.41, 5.74) is 11.4. The lowest BCUT2D eigenvalue weighted by atomic mass is 9.99. The molecule has 5 heteroatoms. The summed E-state index contributed by atoms with van der Waals surface area (Å²) in [4.78, 5) is 15.2. The Kier molecular flexibility index (Phi) is 7.64. The smallest absolute Gasteiger partial charge is 0.164 e. The van der Waals surface area contributed by atoms with Crippen LogP contribution in [0.25, 0.3) is 110 Å². The molecule has 0 N–H and O–H groups in total. The quantitative estimate of drug-likeness (QED) is 0.171. The lowest BCUT2D eigenvalue weighted by Gasteiger charge is -2.10. The number of aromatic nitrogens is 3. The normalized spacial score (nSPS) is 11.6. The largest absolute Gasteiger partial charge is 0.456 e. The van der Waals surface area contributed by atoms with Crippen molar-refractivity contribution >= 4 is 53.4 Å². The zero-order valence-electron chi connectivity index (χ0n) is 30.1. The molecule has 0 spiro atoms. The van der Waals surface area contributed by atoms with Gasteiger partial charge >= 0.3 is 0 Å². The Labute approximate surface area is 327 Å². The summed E-state index contributed by atoms with van der Waals surface area (Å²) in [6.45, 7) is 0. The number of furan rings is 1. The van der Waals surface area contributed by atoms with Crippen LogP contribution in [-0.2, 0) is 0 Å². The van der Waals surface area contributed by atoms with Gasteiger partial charge in [-0.25, -0.2) is 15.0 Å². The first-order chi connectivity index (χ1) is 27.7. The van der Waals surface area contributed by atoms with Crippen LogP contribution in [0.2, 0.25) is 0 Å². The third-order valence-electron chi connectivity index (χ3n) is 10.6. The topological polar surface area (TPSA) is 51.8 Å². The van der Waals surface area contributed by atoms with Gasteiger partial charge in [-0.15, -0.1) is 11.3 Å². The Hall–Kier alpha value is -7.21. The highest BCUT2D eigenvalue weighted by Gasteiger charge is 2.19. The van der Waals surface area contributed by atoms with Crippen LogP contribution < -0.4 is 0 Å². The second-order valence-corrected chi connectivity index (χ2v) is 15.0. The summed E-state index contributed by atoms with van der Waals surface area (Å²) < 4.78 is 9.17. The molecule has 0 atom stereocenters. The van der Waals surface area contributed by atoms with E-state index in [2.05, 4.69) is 140 Å². The van der Waals surface area contributed by atoms with E-state index < -0.39 is 0 Å². The SMILES string of the molecule is c1ccc(-c2ccc(-c3nc(-c4ccccc4)nc(-c4cccc5oc6cc(-c7ccc8c(c7)sc7c(-c9ccccc9)cccc78)ccc6c45)n3)cc2)cc1. The van der Waals surface area contributed by atoms with Crippen LogP contribution in [0.3, 0.4) is 0 Å². The Morgan fingerprint density at radius 2 is 0.875 bits per heavy atom. The molecule has 0 bridgehead atoms. The summed E-state index contributed by atoms with van der Waals surface area (Å²) in [5.74, 6) is 1.84. The van der Waals surface area contributed by atoms with Gasteiger partial charge in [-0.2, -0.15) is 0 Å². The van der Waals surface area contributed by atoms with E-state index in [1.54, 1.807) is 0 Å². The predicted octanol–water partition coefficient (Wildman–Crippen LogP) is 14.1. The first-order valence-corrected chi connectivity index (χ1v) is 19.5. The fourth-order valence-corrected chi connectivity index (χ4v) is 9.08. The van der Waals surface area contributed by atoms with Crippen molar-refractivity contribution in [2.24, 2.45) is 0 Å². The van der Waals surface area contributed by atoms with Crippen molar-refractivity contribution in [2.45, 2.75) is 0 Å². The van der Waals surface area contributed by atoms with Crippen molar-refractivity contribution in [3.8, 4) is 67.5 Å². The van der Waals surface area contributed by atoms with Crippen LogP contribution in [0.1, 0.15) is 0 Å². The van der Waals surface area contributed by atoms with E-state index in [4.69, 9.17) is 19.4 Å².